The fourth-order valence-corrected chi connectivity index (χ4v) is 2.21. The molecule has 0 amide bonds. The Bertz CT molecular complexity index is 358. The van der Waals surface area contributed by atoms with Crippen molar-refractivity contribution in [1.29, 1.82) is 0 Å². The quantitative estimate of drug-likeness (QED) is 0.714. The number of benzene rings is 1. The fraction of sp³-hybridized carbons (Fsp3) is 0.571. The summed E-state index contributed by atoms with van der Waals surface area (Å²) in [6.45, 7) is 4.49. The van der Waals surface area contributed by atoms with Crippen molar-refractivity contribution in [2.45, 2.75) is 38.3 Å². The number of β-amino-alcohol motifs (C(OH)–C–C–N with tert-alkyl or cyclic N) is 1. The molecule has 0 aromatic heterocycles. The summed E-state index contributed by atoms with van der Waals surface area (Å²) in [6, 6.07) is 7.26. The Balaban J connectivity index is 2.66. The van der Waals surface area contributed by atoms with E-state index in [-0.39, 0.29) is 12.1 Å². The largest absolute Gasteiger partial charge is 0.394 e. The Labute approximate surface area is 114 Å². The minimum absolute atomic E-state index is 0.0647. The molecule has 1 rings (SSSR count). The molecule has 0 aliphatic carbocycles. The third kappa shape index (κ3) is 3.69. The van der Waals surface area contributed by atoms with Crippen molar-refractivity contribution in [3.63, 3.8) is 0 Å². The predicted molar refractivity (Wildman–Crippen MR) is 74.8 cm³/mol. The van der Waals surface area contributed by atoms with Crippen LogP contribution >= 0.6 is 11.6 Å². The first-order valence-corrected chi connectivity index (χ1v) is 6.74. The van der Waals surface area contributed by atoms with E-state index in [0.717, 1.165) is 12.8 Å². The molecule has 1 unspecified atom stereocenters. The Morgan fingerprint density at radius 1 is 1.28 bits per heavy atom. The van der Waals surface area contributed by atoms with Gasteiger partial charge in [0.25, 0.3) is 0 Å². The van der Waals surface area contributed by atoms with Crippen LogP contribution in [-0.4, -0.2) is 28.9 Å². The summed E-state index contributed by atoms with van der Waals surface area (Å²) in [5.41, 5.74) is 0.396. The minimum atomic E-state index is -0.664. The molecule has 18 heavy (non-hydrogen) atoms. The zero-order valence-electron chi connectivity index (χ0n) is 11.0. The van der Waals surface area contributed by atoms with Gasteiger partial charge < -0.3 is 15.5 Å². The van der Waals surface area contributed by atoms with Crippen LogP contribution in [0.25, 0.3) is 0 Å². The second kappa shape index (κ2) is 7.10. The van der Waals surface area contributed by atoms with Gasteiger partial charge in [-0.05, 0) is 18.9 Å². The molecule has 0 saturated heterocycles. The Morgan fingerprint density at radius 3 is 2.39 bits per heavy atom. The van der Waals surface area contributed by atoms with Crippen LogP contribution in [-0.2, 0) is 0 Å². The standard InChI is InChI=1S/C14H22ClNO2/c1-3-14(4-2,10-17)16-9-13(18)11-7-5-6-8-12(11)15/h5-8,13,16-18H,3-4,9-10H2,1-2H3. The van der Waals surface area contributed by atoms with Crippen LogP contribution in [0.4, 0.5) is 0 Å². The van der Waals surface area contributed by atoms with E-state index < -0.39 is 6.10 Å². The first-order chi connectivity index (χ1) is 8.58. The van der Waals surface area contributed by atoms with Crippen LogP contribution in [0.1, 0.15) is 38.4 Å². The van der Waals surface area contributed by atoms with E-state index in [1.54, 1.807) is 6.07 Å². The molecule has 0 heterocycles. The summed E-state index contributed by atoms with van der Waals surface area (Å²) in [4.78, 5) is 0. The Morgan fingerprint density at radius 2 is 1.89 bits per heavy atom. The molecule has 0 aliphatic rings. The van der Waals surface area contributed by atoms with Gasteiger partial charge in [0, 0.05) is 22.7 Å². The Hall–Kier alpha value is -0.610. The van der Waals surface area contributed by atoms with E-state index in [0.29, 0.717) is 17.1 Å². The van der Waals surface area contributed by atoms with Gasteiger partial charge in [-0.15, -0.1) is 0 Å². The second-order valence-electron chi connectivity index (χ2n) is 4.56. The van der Waals surface area contributed by atoms with Crippen molar-refractivity contribution >= 4 is 11.6 Å². The van der Waals surface area contributed by atoms with Crippen LogP contribution in [0, 0.1) is 0 Å². The number of rotatable bonds is 7. The van der Waals surface area contributed by atoms with E-state index in [1.165, 1.54) is 0 Å². The molecule has 1 atom stereocenters. The fourth-order valence-electron chi connectivity index (χ4n) is 1.95. The smallest absolute Gasteiger partial charge is 0.0928 e. The van der Waals surface area contributed by atoms with Gasteiger partial charge >= 0.3 is 0 Å². The summed E-state index contributed by atoms with van der Waals surface area (Å²) in [6.07, 6.45) is 0.965. The number of halogens is 1. The lowest BCUT2D eigenvalue weighted by Crippen LogP contribution is -2.49. The number of nitrogens with one attached hydrogen (secondary N) is 1. The van der Waals surface area contributed by atoms with Crippen molar-refractivity contribution < 1.29 is 10.2 Å². The maximum atomic E-state index is 10.1. The highest BCUT2D eigenvalue weighted by atomic mass is 35.5. The molecule has 0 fully saturated rings. The lowest BCUT2D eigenvalue weighted by atomic mass is 9.93. The average molecular weight is 272 g/mol. The minimum Gasteiger partial charge on any atom is -0.394 e. The monoisotopic (exact) mass is 271 g/mol. The molecule has 3 nitrogen and oxygen atoms in total. The van der Waals surface area contributed by atoms with E-state index in [9.17, 15) is 10.2 Å². The summed E-state index contributed by atoms with van der Waals surface area (Å²) >= 11 is 6.03. The second-order valence-corrected chi connectivity index (χ2v) is 4.97. The lowest BCUT2D eigenvalue weighted by molar-refractivity contribution is 0.114. The van der Waals surface area contributed by atoms with E-state index in [4.69, 9.17) is 11.6 Å². The lowest BCUT2D eigenvalue weighted by Gasteiger charge is -2.32. The molecular formula is C14H22ClNO2. The van der Waals surface area contributed by atoms with Crippen LogP contribution in [0.15, 0.2) is 24.3 Å². The van der Waals surface area contributed by atoms with Crippen LogP contribution < -0.4 is 5.32 Å². The van der Waals surface area contributed by atoms with Crippen molar-refractivity contribution in [1.82, 2.24) is 5.32 Å². The first kappa shape index (κ1) is 15.4. The maximum absolute atomic E-state index is 10.1. The highest BCUT2D eigenvalue weighted by molar-refractivity contribution is 6.31. The van der Waals surface area contributed by atoms with Crippen LogP contribution in [0.2, 0.25) is 5.02 Å². The van der Waals surface area contributed by atoms with Crippen molar-refractivity contribution in [3.8, 4) is 0 Å². The summed E-state index contributed by atoms with van der Waals surface area (Å²) in [7, 11) is 0. The molecule has 1 aromatic rings. The van der Waals surface area contributed by atoms with Gasteiger partial charge in [0.15, 0.2) is 0 Å². The first-order valence-electron chi connectivity index (χ1n) is 6.37. The van der Waals surface area contributed by atoms with Gasteiger partial charge in [0.1, 0.15) is 0 Å². The topological polar surface area (TPSA) is 52.5 Å². The highest BCUT2D eigenvalue weighted by Gasteiger charge is 2.25. The van der Waals surface area contributed by atoms with E-state index >= 15 is 0 Å². The summed E-state index contributed by atoms with van der Waals surface area (Å²) in [5, 5.41) is 23.4. The molecular weight excluding hydrogens is 250 g/mol. The van der Waals surface area contributed by atoms with Gasteiger partial charge in [-0.3, -0.25) is 0 Å². The SMILES string of the molecule is CCC(CC)(CO)NCC(O)c1ccccc1Cl. The van der Waals surface area contributed by atoms with Gasteiger partial charge in [-0.1, -0.05) is 43.6 Å². The molecule has 102 valence electrons. The molecule has 4 heteroatoms. The summed E-state index contributed by atoms with van der Waals surface area (Å²) < 4.78 is 0. The molecule has 1 aromatic carbocycles. The molecule has 0 aliphatic heterocycles. The molecule has 0 saturated carbocycles. The number of aliphatic hydroxyl groups excluding tert-OH is 2. The van der Waals surface area contributed by atoms with Gasteiger partial charge in [-0.2, -0.15) is 0 Å². The zero-order chi connectivity index (χ0) is 13.6. The number of aliphatic hydroxyl groups is 2. The van der Waals surface area contributed by atoms with Crippen LogP contribution in [0.3, 0.4) is 0 Å². The van der Waals surface area contributed by atoms with E-state index in [1.807, 2.05) is 32.0 Å². The molecule has 0 bridgehead atoms. The number of hydrogen-bond donors (Lipinski definition) is 3. The third-order valence-corrected chi connectivity index (χ3v) is 3.94. The predicted octanol–water partition coefficient (Wildman–Crippen LogP) is 2.51. The summed E-state index contributed by atoms with van der Waals surface area (Å²) in [5.74, 6) is 0. The number of hydrogen-bond acceptors (Lipinski definition) is 3. The average Bonchev–Trinajstić information content (AvgIpc) is 2.41. The van der Waals surface area contributed by atoms with Gasteiger partial charge in [0.2, 0.25) is 0 Å². The van der Waals surface area contributed by atoms with Gasteiger partial charge in [0.05, 0.1) is 12.7 Å². The van der Waals surface area contributed by atoms with Gasteiger partial charge in [-0.25, -0.2) is 0 Å². The normalized spacial score (nSPS) is 13.6. The van der Waals surface area contributed by atoms with E-state index in [2.05, 4.69) is 5.32 Å². The van der Waals surface area contributed by atoms with Crippen LogP contribution in [0.5, 0.6) is 0 Å². The van der Waals surface area contributed by atoms with Crippen molar-refractivity contribution in [3.05, 3.63) is 34.9 Å². The maximum Gasteiger partial charge on any atom is 0.0928 e. The van der Waals surface area contributed by atoms with Crippen molar-refractivity contribution in [2.75, 3.05) is 13.2 Å². The van der Waals surface area contributed by atoms with Crippen molar-refractivity contribution in [2.24, 2.45) is 0 Å². The molecule has 0 radical (unpaired) electrons. The molecule has 3 N–H and O–H groups in total. The Kier molecular flexibility index (Phi) is 6.09. The molecule has 0 spiro atoms. The zero-order valence-corrected chi connectivity index (χ0v) is 11.7. The highest BCUT2D eigenvalue weighted by Crippen LogP contribution is 2.23. The third-order valence-electron chi connectivity index (χ3n) is 3.59.